The van der Waals surface area contributed by atoms with E-state index in [1.807, 2.05) is 60.0 Å². The van der Waals surface area contributed by atoms with Crippen LogP contribution in [0.15, 0.2) is 84.5 Å². The van der Waals surface area contributed by atoms with Gasteiger partial charge in [-0.1, -0.05) is 42.5 Å². The smallest absolute Gasteiger partial charge is 0.411 e. The molecule has 10 heteroatoms. The number of likely N-dealkylation sites (tertiary alicyclic amines) is 1. The lowest BCUT2D eigenvalue weighted by Crippen LogP contribution is -2.44. The van der Waals surface area contributed by atoms with Gasteiger partial charge in [0.1, 0.15) is 12.6 Å². The highest BCUT2D eigenvalue weighted by Gasteiger charge is 2.43. The summed E-state index contributed by atoms with van der Waals surface area (Å²) < 4.78 is 5.66. The van der Waals surface area contributed by atoms with Crippen LogP contribution in [0.4, 0.5) is 9.93 Å². The minimum absolute atomic E-state index is 0.0706. The van der Waals surface area contributed by atoms with Gasteiger partial charge in [-0.05, 0) is 61.1 Å². The Labute approximate surface area is 241 Å². The summed E-state index contributed by atoms with van der Waals surface area (Å²) in [5, 5.41) is 8.18. The number of rotatable bonds is 8. The van der Waals surface area contributed by atoms with Crippen LogP contribution >= 0.6 is 11.3 Å². The summed E-state index contributed by atoms with van der Waals surface area (Å²) in [6.07, 6.45) is 6.00. The van der Waals surface area contributed by atoms with Gasteiger partial charge in [0, 0.05) is 34.9 Å². The second kappa shape index (κ2) is 11.9. The average Bonchev–Trinajstić information content (AvgIpc) is 3.51. The van der Waals surface area contributed by atoms with Gasteiger partial charge in [0.25, 0.3) is 5.91 Å². The molecule has 2 fully saturated rings. The molecule has 1 saturated heterocycles. The van der Waals surface area contributed by atoms with Crippen LogP contribution in [-0.4, -0.2) is 44.9 Å². The van der Waals surface area contributed by atoms with Crippen LogP contribution in [0.2, 0.25) is 0 Å². The molecular formula is C31H29N5O4S. The molecule has 0 bridgehead atoms. The number of benzene rings is 2. The first-order valence-electron chi connectivity index (χ1n) is 13.6. The van der Waals surface area contributed by atoms with Gasteiger partial charge >= 0.3 is 6.09 Å². The number of anilines is 1. The van der Waals surface area contributed by atoms with Crippen molar-refractivity contribution in [1.82, 2.24) is 20.2 Å². The van der Waals surface area contributed by atoms with Gasteiger partial charge in [-0.2, -0.15) is 0 Å². The SMILES string of the molecule is O=C(NC1CC1)c1ccc(-c2csc(NC(=O)[C@@H]3CC[C@H](c4ccncc4)N3C(=O)OCc3ccccc3)n2)cc1. The minimum Gasteiger partial charge on any atom is -0.445 e. The van der Waals surface area contributed by atoms with Crippen LogP contribution in [0.1, 0.15) is 53.2 Å². The molecule has 0 unspecified atom stereocenters. The number of pyridine rings is 1. The van der Waals surface area contributed by atoms with Crippen LogP contribution in [-0.2, 0) is 16.1 Å². The van der Waals surface area contributed by atoms with E-state index >= 15 is 0 Å². The van der Waals surface area contributed by atoms with Crippen molar-refractivity contribution in [2.24, 2.45) is 0 Å². The van der Waals surface area contributed by atoms with E-state index in [9.17, 15) is 14.4 Å². The third kappa shape index (κ3) is 6.28. The number of aromatic nitrogens is 2. The highest BCUT2D eigenvalue weighted by molar-refractivity contribution is 7.14. The molecule has 3 amide bonds. The van der Waals surface area contributed by atoms with Crippen molar-refractivity contribution in [3.05, 3.63) is 101 Å². The lowest BCUT2D eigenvalue weighted by Gasteiger charge is -2.29. The Balaban J connectivity index is 1.14. The van der Waals surface area contributed by atoms with Crippen molar-refractivity contribution in [3.8, 4) is 11.3 Å². The number of ether oxygens (including phenoxy) is 1. The van der Waals surface area contributed by atoms with Crippen molar-refractivity contribution >= 4 is 34.4 Å². The van der Waals surface area contributed by atoms with Crippen LogP contribution in [0, 0.1) is 0 Å². The first-order valence-corrected chi connectivity index (χ1v) is 14.5. The Bertz CT molecular complexity index is 1520. The molecule has 1 aliphatic heterocycles. The lowest BCUT2D eigenvalue weighted by atomic mass is 10.1. The topological polar surface area (TPSA) is 114 Å². The molecule has 3 heterocycles. The van der Waals surface area contributed by atoms with E-state index in [1.54, 1.807) is 24.5 Å². The zero-order chi connectivity index (χ0) is 28.2. The summed E-state index contributed by atoms with van der Waals surface area (Å²) in [6, 6.07) is 19.7. The molecule has 0 radical (unpaired) electrons. The summed E-state index contributed by atoms with van der Waals surface area (Å²) in [7, 11) is 0. The predicted octanol–water partition coefficient (Wildman–Crippen LogP) is 5.58. The Morgan fingerprint density at radius 1 is 0.927 bits per heavy atom. The Kier molecular flexibility index (Phi) is 7.73. The summed E-state index contributed by atoms with van der Waals surface area (Å²) in [5.41, 5.74) is 3.91. The number of carbonyl (C=O) groups excluding carboxylic acids is 3. The van der Waals surface area contributed by atoms with Gasteiger partial charge in [-0.3, -0.25) is 19.5 Å². The largest absolute Gasteiger partial charge is 0.445 e. The van der Waals surface area contributed by atoms with Gasteiger partial charge < -0.3 is 15.4 Å². The fourth-order valence-electron chi connectivity index (χ4n) is 4.97. The molecule has 0 spiro atoms. The third-order valence-electron chi connectivity index (χ3n) is 7.28. The number of hydrogen-bond acceptors (Lipinski definition) is 7. The van der Waals surface area contributed by atoms with Gasteiger partial charge in [0.15, 0.2) is 5.13 Å². The zero-order valence-electron chi connectivity index (χ0n) is 22.2. The summed E-state index contributed by atoms with van der Waals surface area (Å²) in [6.45, 7) is 0.116. The van der Waals surface area contributed by atoms with Gasteiger partial charge in [0.2, 0.25) is 5.91 Å². The number of nitrogens with zero attached hydrogens (tertiary/aromatic N) is 3. The van der Waals surface area contributed by atoms with Gasteiger partial charge in [0.05, 0.1) is 11.7 Å². The fourth-order valence-corrected chi connectivity index (χ4v) is 5.69. The molecular weight excluding hydrogens is 538 g/mol. The molecule has 2 aromatic carbocycles. The molecule has 41 heavy (non-hydrogen) atoms. The standard InChI is InChI=1S/C31H29N5O4S/c37-28(33-24-10-11-24)23-8-6-21(7-9-23)25-19-41-30(34-25)35-29(38)27-13-12-26(22-14-16-32-17-15-22)36(27)31(39)40-18-20-4-2-1-3-5-20/h1-9,14-17,19,24,26-27H,10-13,18H2,(H,33,37)(H,34,35,38)/t26-,27+/m1/s1. The van der Waals surface area contributed by atoms with E-state index in [0.29, 0.717) is 35.3 Å². The Morgan fingerprint density at radius 3 is 2.41 bits per heavy atom. The van der Waals surface area contributed by atoms with E-state index in [1.165, 1.54) is 16.2 Å². The molecule has 6 rings (SSSR count). The molecule has 2 aromatic heterocycles. The quantitative estimate of drug-likeness (QED) is 0.288. The summed E-state index contributed by atoms with van der Waals surface area (Å²) >= 11 is 1.31. The van der Waals surface area contributed by atoms with E-state index in [-0.39, 0.29) is 24.5 Å². The van der Waals surface area contributed by atoms with Crippen molar-refractivity contribution in [2.45, 2.75) is 50.4 Å². The maximum Gasteiger partial charge on any atom is 0.411 e. The van der Waals surface area contributed by atoms with Crippen molar-refractivity contribution < 1.29 is 19.1 Å². The highest BCUT2D eigenvalue weighted by atomic mass is 32.1. The van der Waals surface area contributed by atoms with Crippen LogP contribution in [0.5, 0.6) is 0 Å². The highest BCUT2D eigenvalue weighted by Crippen LogP contribution is 2.37. The first-order chi connectivity index (χ1) is 20.0. The Hall–Kier alpha value is -4.57. The number of nitrogens with one attached hydrogen (secondary N) is 2. The maximum atomic E-state index is 13.5. The van der Waals surface area contributed by atoms with E-state index in [2.05, 4.69) is 20.6 Å². The molecule has 9 nitrogen and oxygen atoms in total. The Morgan fingerprint density at radius 2 is 1.68 bits per heavy atom. The van der Waals surface area contributed by atoms with E-state index in [0.717, 1.165) is 29.5 Å². The first kappa shape index (κ1) is 26.6. The minimum atomic E-state index is -0.715. The van der Waals surface area contributed by atoms with E-state index in [4.69, 9.17) is 4.74 Å². The molecule has 208 valence electrons. The molecule has 2 atom stereocenters. The zero-order valence-corrected chi connectivity index (χ0v) is 23.0. The van der Waals surface area contributed by atoms with Crippen molar-refractivity contribution in [2.75, 3.05) is 5.32 Å². The molecule has 4 aromatic rings. The molecule has 1 aliphatic carbocycles. The third-order valence-corrected chi connectivity index (χ3v) is 8.04. The molecule has 1 saturated carbocycles. The maximum absolute atomic E-state index is 13.5. The fraction of sp³-hybridized carbons (Fsp3) is 0.258. The normalized spacial score (nSPS) is 18.1. The number of hydrogen-bond donors (Lipinski definition) is 2. The molecule has 2 N–H and O–H groups in total. The van der Waals surface area contributed by atoms with E-state index < -0.39 is 12.1 Å². The van der Waals surface area contributed by atoms with Crippen LogP contribution in [0.3, 0.4) is 0 Å². The van der Waals surface area contributed by atoms with Crippen LogP contribution in [0.25, 0.3) is 11.3 Å². The second-order valence-electron chi connectivity index (χ2n) is 10.2. The van der Waals surface area contributed by atoms with Gasteiger partial charge in [-0.25, -0.2) is 9.78 Å². The monoisotopic (exact) mass is 567 g/mol. The number of carbonyl (C=O) groups is 3. The summed E-state index contributed by atoms with van der Waals surface area (Å²) in [4.78, 5) is 49.3. The number of thiazole rings is 1. The summed E-state index contributed by atoms with van der Waals surface area (Å²) in [5.74, 6) is -0.384. The van der Waals surface area contributed by atoms with Crippen molar-refractivity contribution in [3.63, 3.8) is 0 Å². The molecule has 2 aliphatic rings. The number of amides is 3. The van der Waals surface area contributed by atoms with Gasteiger partial charge in [-0.15, -0.1) is 11.3 Å². The van der Waals surface area contributed by atoms with Crippen molar-refractivity contribution in [1.29, 1.82) is 0 Å². The average molecular weight is 568 g/mol. The predicted molar refractivity (Wildman–Crippen MR) is 155 cm³/mol. The van der Waals surface area contributed by atoms with Crippen LogP contribution < -0.4 is 10.6 Å². The lowest BCUT2D eigenvalue weighted by molar-refractivity contribution is -0.120. The second-order valence-corrected chi connectivity index (χ2v) is 11.0.